The summed E-state index contributed by atoms with van der Waals surface area (Å²) in [6.45, 7) is 4.03. The van der Waals surface area contributed by atoms with E-state index in [1.165, 1.54) is 89.5 Å². The monoisotopic (exact) mass is 654 g/mol. The number of rotatable bonds is 5. The van der Waals surface area contributed by atoms with Gasteiger partial charge in [-0.05, 0) is 81.8 Å². The summed E-state index contributed by atoms with van der Waals surface area (Å²) in [6, 6.07) is 38.5. The van der Waals surface area contributed by atoms with Crippen molar-refractivity contribution >= 4 is 82.4 Å². The van der Waals surface area contributed by atoms with Crippen molar-refractivity contribution in [1.82, 2.24) is 0 Å². The summed E-state index contributed by atoms with van der Waals surface area (Å²) < 4.78 is 4.01. The van der Waals surface area contributed by atoms with Crippen molar-refractivity contribution in [1.29, 1.82) is 0 Å². The lowest BCUT2D eigenvalue weighted by atomic mass is 9.91. The van der Waals surface area contributed by atoms with Gasteiger partial charge in [0.1, 0.15) is 0 Å². The van der Waals surface area contributed by atoms with Crippen molar-refractivity contribution in [2.75, 3.05) is 0 Å². The molecule has 1 aliphatic carbocycles. The Labute approximate surface area is 287 Å². The first-order chi connectivity index (χ1) is 23.2. The van der Waals surface area contributed by atoms with Crippen molar-refractivity contribution in [3.8, 4) is 22.3 Å². The summed E-state index contributed by atoms with van der Waals surface area (Å²) >= 11 is 5.71. The van der Waals surface area contributed by atoms with Crippen molar-refractivity contribution < 1.29 is 0 Å². The van der Waals surface area contributed by atoms with E-state index < -0.39 is 0 Å². The van der Waals surface area contributed by atoms with Crippen molar-refractivity contribution in [3.63, 3.8) is 0 Å². The molecule has 5 aromatic carbocycles. The van der Waals surface area contributed by atoms with Crippen LogP contribution in [0.1, 0.15) is 28.0 Å². The van der Waals surface area contributed by atoms with Gasteiger partial charge in [0.15, 0.2) is 0 Å². The second kappa shape index (κ2) is 11.8. The number of thiophene rings is 2. The van der Waals surface area contributed by atoms with Crippen LogP contribution < -0.4 is 0 Å². The lowest BCUT2D eigenvalue weighted by Gasteiger charge is -2.15. The van der Waals surface area contributed by atoms with Gasteiger partial charge in [-0.1, -0.05) is 128 Å². The van der Waals surface area contributed by atoms with Gasteiger partial charge in [-0.3, -0.25) is 0 Å². The molecule has 0 atom stereocenters. The van der Waals surface area contributed by atoms with Gasteiger partial charge < -0.3 is 0 Å². The average Bonchev–Trinajstić information content (AvgIpc) is 3.76. The van der Waals surface area contributed by atoms with Crippen LogP contribution in [0.4, 0.5) is 0 Å². The largest absolute Gasteiger partial charge is 0.135 e. The Morgan fingerprint density at radius 3 is 2.23 bits per heavy atom. The first-order valence-electron chi connectivity index (χ1n) is 16.0. The zero-order chi connectivity index (χ0) is 31.3. The van der Waals surface area contributed by atoms with Crippen LogP contribution in [0.2, 0.25) is 0 Å². The topological polar surface area (TPSA) is 0 Å². The van der Waals surface area contributed by atoms with E-state index in [1.807, 2.05) is 40.5 Å². The highest BCUT2D eigenvalue weighted by molar-refractivity contribution is 8.03. The summed E-state index contributed by atoms with van der Waals surface area (Å²) in [5.41, 5.74) is 10.3. The maximum atomic E-state index is 4.03. The highest BCUT2D eigenvalue weighted by Crippen LogP contribution is 2.47. The molecular weight excluding hydrogens is 625 g/mol. The van der Waals surface area contributed by atoms with Crippen LogP contribution in [0.3, 0.4) is 0 Å². The molecule has 2 aromatic heterocycles. The zero-order valence-corrected chi connectivity index (χ0v) is 28.2. The van der Waals surface area contributed by atoms with Gasteiger partial charge in [0.05, 0.1) is 0 Å². The van der Waals surface area contributed by atoms with Crippen LogP contribution in [-0.2, 0) is 6.42 Å². The Bertz CT molecular complexity index is 2480. The van der Waals surface area contributed by atoms with Crippen molar-refractivity contribution in [2.24, 2.45) is 0 Å². The Balaban J connectivity index is 1.32. The third-order valence-corrected chi connectivity index (χ3v) is 12.8. The second-order valence-electron chi connectivity index (χ2n) is 12.0. The molecule has 0 amide bonds. The lowest BCUT2D eigenvalue weighted by Crippen LogP contribution is -1.92. The van der Waals surface area contributed by atoms with Crippen molar-refractivity contribution in [3.05, 3.63) is 167 Å². The predicted molar refractivity (Wildman–Crippen MR) is 211 cm³/mol. The number of benzene rings is 5. The van der Waals surface area contributed by atoms with E-state index in [9.17, 15) is 0 Å². The molecule has 0 radical (unpaired) electrons. The maximum Gasteiger partial charge on any atom is 0.0433 e. The average molecular weight is 655 g/mol. The number of hydrogen-bond donors (Lipinski definition) is 0. The Morgan fingerprint density at radius 2 is 1.40 bits per heavy atom. The van der Waals surface area contributed by atoms with Crippen LogP contribution in [0.15, 0.2) is 150 Å². The molecule has 0 nitrogen and oxygen atoms in total. The molecule has 0 unspecified atom stereocenters. The molecule has 0 saturated carbocycles. The molecule has 2 aliphatic rings. The maximum absolute atomic E-state index is 4.03. The molecule has 0 bridgehead atoms. The van der Waals surface area contributed by atoms with Gasteiger partial charge in [-0.15, -0.1) is 22.7 Å². The molecule has 3 heterocycles. The number of hydrogen-bond acceptors (Lipinski definition) is 3. The van der Waals surface area contributed by atoms with Gasteiger partial charge in [0.2, 0.25) is 0 Å². The normalized spacial score (nSPS) is 15.1. The van der Waals surface area contributed by atoms with Gasteiger partial charge >= 0.3 is 0 Å². The van der Waals surface area contributed by atoms with Gasteiger partial charge in [0.25, 0.3) is 0 Å². The van der Waals surface area contributed by atoms with E-state index in [0.29, 0.717) is 0 Å². The first kappa shape index (κ1) is 28.5. The molecule has 0 N–H and O–H groups in total. The van der Waals surface area contributed by atoms with E-state index in [-0.39, 0.29) is 0 Å². The molecule has 224 valence electrons. The minimum absolute atomic E-state index is 0.939. The van der Waals surface area contributed by atoms with E-state index >= 15 is 0 Å². The summed E-state index contributed by atoms with van der Waals surface area (Å²) in [7, 11) is 0. The fraction of sp³-hybridized carbons (Fsp3) is 0.0455. The van der Waals surface area contributed by atoms with Gasteiger partial charge in [-0.2, -0.15) is 0 Å². The Kier molecular flexibility index (Phi) is 7.19. The van der Waals surface area contributed by atoms with Crippen LogP contribution in [0.25, 0.3) is 70.2 Å². The number of fused-ring (bicyclic) bond motifs is 7. The number of allylic oxidation sites excluding steroid dienone is 7. The highest BCUT2D eigenvalue weighted by Gasteiger charge is 2.22. The molecule has 47 heavy (non-hydrogen) atoms. The molecule has 0 fully saturated rings. The third-order valence-electron chi connectivity index (χ3n) is 9.14. The van der Waals surface area contributed by atoms with Gasteiger partial charge in [-0.25, -0.2) is 0 Å². The molecule has 9 rings (SSSR count). The van der Waals surface area contributed by atoms with E-state index in [2.05, 4.69) is 146 Å². The second-order valence-corrected chi connectivity index (χ2v) is 15.2. The smallest absolute Gasteiger partial charge is 0.0433 e. The van der Waals surface area contributed by atoms with Crippen LogP contribution >= 0.6 is 34.4 Å². The molecule has 1 aliphatic heterocycles. The standard InChI is InChI=1S/C44H30S3/c1-2-3-14-32(42-27-28-13-7-9-21-39(28)45-42)29-24-30(33-17-11-19-37-35-15-5-4-6-22-40(35)46-43(33)37)26-31(25-29)34-18-12-20-38-36-16-8-10-23-41(36)47-44(34)38/h2-3,5-26H,1,4,27H2/b14-3-,42-32-. The molecule has 7 aromatic rings. The quantitative estimate of drug-likeness (QED) is 0.166. The highest BCUT2D eigenvalue weighted by atomic mass is 32.2. The van der Waals surface area contributed by atoms with Crippen molar-refractivity contribution in [2.45, 2.75) is 17.7 Å². The first-order valence-corrected chi connectivity index (χ1v) is 18.4. The molecule has 0 spiro atoms. The minimum Gasteiger partial charge on any atom is -0.135 e. The van der Waals surface area contributed by atoms with E-state index in [0.717, 1.165) is 12.8 Å². The SMILES string of the molecule is C=C/C=C\C(=C1/Cc2ccccc2S1)c1cc(-c2cccc3c4c(sc23)C=CCC=C4)cc(-c2cccc3c2sc2ccccc23)c1. The summed E-state index contributed by atoms with van der Waals surface area (Å²) in [5, 5.41) is 3.98. The Morgan fingerprint density at radius 1 is 0.681 bits per heavy atom. The summed E-state index contributed by atoms with van der Waals surface area (Å²) in [5.74, 6) is 0. The molecular formula is C44H30S3. The summed E-state index contributed by atoms with van der Waals surface area (Å²) in [6.07, 6.45) is 17.3. The van der Waals surface area contributed by atoms with Crippen LogP contribution in [0.5, 0.6) is 0 Å². The fourth-order valence-electron chi connectivity index (χ4n) is 6.94. The fourth-order valence-corrected chi connectivity index (χ4v) is 10.6. The minimum atomic E-state index is 0.939. The van der Waals surface area contributed by atoms with Gasteiger partial charge in [0, 0.05) is 56.9 Å². The predicted octanol–water partition coefficient (Wildman–Crippen LogP) is 13.8. The number of thioether (sulfide) groups is 1. The molecule has 0 saturated heterocycles. The van der Waals surface area contributed by atoms with E-state index in [1.54, 1.807) is 0 Å². The zero-order valence-electron chi connectivity index (χ0n) is 25.7. The third kappa shape index (κ3) is 4.98. The Hall–Kier alpha value is -4.67. The summed E-state index contributed by atoms with van der Waals surface area (Å²) in [4.78, 5) is 4.07. The van der Waals surface area contributed by atoms with Crippen LogP contribution in [-0.4, -0.2) is 0 Å². The van der Waals surface area contributed by atoms with E-state index in [4.69, 9.17) is 0 Å². The van der Waals surface area contributed by atoms with Crippen LogP contribution in [0, 0.1) is 0 Å². The lowest BCUT2D eigenvalue weighted by molar-refractivity contribution is 1.21. The molecule has 3 heteroatoms.